The maximum Gasteiger partial charge on any atom is 0.312 e. The van der Waals surface area contributed by atoms with Gasteiger partial charge in [-0.15, -0.1) is 0 Å². The summed E-state index contributed by atoms with van der Waals surface area (Å²) >= 11 is 0. The van der Waals surface area contributed by atoms with E-state index in [-0.39, 0.29) is 30.4 Å². The van der Waals surface area contributed by atoms with E-state index in [2.05, 4.69) is 15.7 Å². The van der Waals surface area contributed by atoms with Gasteiger partial charge in [0.15, 0.2) is 0 Å². The van der Waals surface area contributed by atoms with Gasteiger partial charge in [-0.1, -0.05) is 0 Å². The molecule has 0 aliphatic carbocycles. The number of hydrogen-bond donors (Lipinski definition) is 2. The van der Waals surface area contributed by atoms with Crippen molar-refractivity contribution >= 4 is 17.5 Å². The van der Waals surface area contributed by atoms with Crippen molar-refractivity contribution in [1.82, 2.24) is 20.4 Å². The lowest BCUT2D eigenvalue weighted by Gasteiger charge is -2.06. The Morgan fingerprint density at radius 1 is 1.30 bits per heavy atom. The van der Waals surface area contributed by atoms with Crippen LogP contribution in [0, 0.1) is 24.0 Å². The third kappa shape index (κ3) is 3.77. The van der Waals surface area contributed by atoms with E-state index in [0.29, 0.717) is 12.2 Å². The highest BCUT2D eigenvalue weighted by atomic mass is 16.6. The van der Waals surface area contributed by atoms with E-state index in [1.54, 1.807) is 6.92 Å². The van der Waals surface area contributed by atoms with E-state index >= 15 is 0 Å². The number of hydrogen-bond acceptors (Lipinski definition) is 5. The molecule has 9 heteroatoms. The Morgan fingerprint density at radius 3 is 2.45 bits per heavy atom. The highest BCUT2D eigenvalue weighted by Crippen LogP contribution is 2.21. The molecule has 1 heterocycles. The number of amides is 2. The van der Waals surface area contributed by atoms with Gasteiger partial charge in [0.1, 0.15) is 17.9 Å². The monoisotopic (exact) mass is 283 g/mol. The number of aryl methyl sites for hydroxylation is 1. The number of carbonyl (C=O) groups excluding carboxylic acids is 2. The van der Waals surface area contributed by atoms with Gasteiger partial charge in [-0.2, -0.15) is 5.10 Å². The Morgan fingerprint density at radius 2 is 1.95 bits per heavy atom. The summed E-state index contributed by atoms with van der Waals surface area (Å²) in [4.78, 5) is 33.1. The Labute approximate surface area is 115 Å². The minimum absolute atomic E-state index is 0.0958. The predicted molar refractivity (Wildman–Crippen MR) is 70.0 cm³/mol. The Bertz CT molecular complexity index is 537. The summed E-state index contributed by atoms with van der Waals surface area (Å²) in [5.74, 6) is -0.725. The zero-order valence-electron chi connectivity index (χ0n) is 11.6. The summed E-state index contributed by atoms with van der Waals surface area (Å²) in [6.45, 7) is 4.99. The molecule has 0 atom stereocenters. The smallest absolute Gasteiger partial charge is 0.312 e. The molecule has 0 fully saturated rings. The van der Waals surface area contributed by atoms with E-state index < -0.39 is 10.8 Å². The first-order valence-corrected chi connectivity index (χ1v) is 6.08. The fourth-order valence-electron chi connectivity index (χ4n) is 1.74. The zero-order valence-corrected chi connectivity index (χ0v) is 11.6. The molecule has 110 valence electrons. The summed E-state index contributed by atoms with van der Waals surface area (Å²) in [7, 11) is 0. The van der Waals surface area contributed by atoms with Crippen LogP contribution in [0.4, 0.5) is 5.69 Å². The molecule has 0 aliphatic rings. The van der Waals surface area contributed by atoms with Crippen LogP contribution in [-0.4, -0.2) is 39.6 Å². The van der Waals surface area contributed by atoms with Crippen LogP contribution in [0.2, 0.25) is 0 Å². The summed E-state index contributed by atoms with van der Waals surface area (Å²) in [5.41, 5.74) is 0.464. The average molecular weight is 283 g/mol. The summed E-state index contributed by atoms with van der Waals surface area (Å²) in [6, 6.07) is 0. The van der Waals surface area contributed by atoms with Gasteiger partial charge in [0.2, 0.25) is 11.8 Å². The van der Waals surface area contributed by atoms with Gasteiger partial charge >= 0.3 is 5.69 Å². The van der Waals surface area contributed by atoms with E-state index in [0.717, 1.165) is 0 Å². The second kappa shape index (κ2) is 6.64. The van der Waals surface area contributed by atoms with E-state index in [1.807, 2.05) is 0 Å². The summed E-state index contributed by atoms with van der Waals surface area (Å²) in [5, 5.41) is 19.7. The van der Waals surface area contributed by atoms with Crippen molar-refractivity contribution in [2.45, 2.75) is 27.3 Å². The number of likely N-dealkylation sites (N-methyl/N-ethyl adjacent to an activating group) is 1. The second-order valence-electron chi connectivity index (χ2n) is 4.16. The molecule has 1 aromatic rings. The highest BCUT2D eigenvalue weighted by molar-refractivity contribution is 5.84. The van der Waals surface area contributed by atoms with Crippen LogP contribution in [0.1, 0.15) is 18.3 Å². The largest absolute Gasteiger partial charge is 0.355 e. The third-order valence-corrected chi connectivity index (χ3v) is 2.64. The van der Waals surface area contributed by atoms with Crippen LogP contribution >= 0.6 is 0 Å². The van der Waals surface area contributed by atoms with Crippen molar-refractivity contribution in [3.05, 3.63) is 21.5 Å². The van der Waals surface area contributed by atoms with Gasteiger partial charge in [-0.05, 0) is 20.8 Å². The predicted octanol–water partition coefficient (Wildman–Crippen LogP) is -0.340. The van der Waals surface area contributed by atoms with Gasteiger partial charge in [-0.3, -0.25) is 24.4 Å². The van der Waals surface area contributed by atoms with Crippen LogP contribution in [0.15, 0.2) is 0 Å². The second-order valence-corrected chi connectivity index (χ2v) is 4.16. The van der Waals surface area contributed by atoms with Crippen molar-refractivity contribution in [2.75, 3.05) is 13.1 Å². The molecule has 0 saturated carbocycles. The van der Waals surface area contributed by atoms with E-state index in [1.165, 1.54) is 18.5 Å². The van der Waals surface area contributed by atoms with Crippen LogP contribution in [0.5, 0.6) is 0 Å². The molecule has 2 N–H and O–H groups in total. The minimum Gasteiger partial charge on any atom is -0.355 e. The van der Waals surface area contributed by atoms with Gasteiger partial charge in [0.25, 0.3) is 0 Å². The highest BCUT2D eigenvalue weighted by Gasteiger charge is 2.22. The molecule has 0 saturated heterocycles. The minimum atomic E-state index is -0.527. The van der Waals surface area contributed by atoms with Crippen LogP contribution in [-0.2, 0) is 16.1 Å². The van der Waals surface area contributed by atoms with Crippen LogP contribution in [0.25, 0.3) is 0 Å². The number of carbonyl (C=O) groups is 2. The van der Waals surface area contributed by atoms with Gasteiger partial charge in [0.05, 0.1) is 11.5 Å². The van der Waals surface area contributed by atoms with Gasteiger partial charge < -0.3 is 10.6 Å². The topological polar surface area (TPSA) is 119 Å². The van der Waals surface area contributed by atoms with Gasteiger partial charge in [-0.25, -0.2) is 0 Å². The molecule has 0 aliphatic heterocycles. The van der Waals surface area contributed by atoms with Crippen LogP contribution in [0.3, 0.4) is 0 Å². The van der Waals surface area contributed by atoms with E-state index in [4.69, 9.17) is 0 Å². The molecule has 0 bridgehead atoms. The maximum absolute atomic E-state index is 11.6. The molecular formula is C11H17N5O4. The molecular weight excluding hydrogens is 266 g/mol. The third-order valence-electron chi connectivity index (χ3n) is 2.64. The molecule has 0 spiro atoms. The first kappa shape index (κ1) is 15.6. The lowest BCUT2D eigenvalue weighted by atomic mass is 10.3. The Kier molecular flexibility index (Phi) is 5.18. The fraction of sp³-hybridized carbons (Fsp3) is 0.545. The molecule has 1 rings (SSSR count). The number of aromatic nitrogens is 2. The standard InChI is InChI=1S/C11H17N5O4/c1-4-12-9(17)5-13-10(18)6-15-8(3)11(16(19)20)7(2)14-15/h4-6H2,1-3H3,(H,12,17)(H,13,18). The zero-order chi connectivity index (χ0) is 15.3. The van der Waals surface area contributed by atoms with Crippen LogP contribution < -0.4 is 10.6 Å². The molecule has 1 aromatic heterocycles. The Balaban J connectivity index is 2.65. The maximum atomic E-state index is 11.6. The first-order chi connectivity index (χ1) is 9.36. The molecule has 0 unspecified atom stereocenters. The summed E-state index contributed by atoms with van der Waals surface area (Å²) < 4.78 is 1.25. The quantitative estimate of drug-likeness (QED) is 0.547. The number of nitrogens with one attached hydrogen (secondary N) is 2. The lowest BCUT2D eigenvalue weighted by molar-refractivity contribution is -0.386. The molecule has 20 heavy (non-hydrogen) atoms. The first-order valence-electron chi connectivity index (χ1n) is 6.08. The lowest BCUT2D eigenvalue weighted by Crippen LogP contribution is -2.38. The fourth-order valence-corrected chi connectivity index (χ4v) is 1.74. The summed E-state index contributed by atoms with van der Waals surface area (Å²) in [6.07, 6.45) is 0. The van der Waals surface area contributed by atoms with Crippen molar-refractivity contribution in [3.8, 4) is 0 Å². The van der Waals surface area contributed by atoms with Crippen molar-refractivity contribution in [2.24, 2.45) is 0 Å². The Hall–Kier alpha value is -2.45. The SMILES string of the molecule is CCNC(=O)CNC(=O)Cn1nc(C)c([N+](=O)[O-])c1C. The average Bonchev–Trinajstić information content (AvgIpc) is 2.62. The van der Waals surface area contributed by atoms with Crippen molar-refractivity contribution < 1.29 is 14.5 Å². The number of nitrogens with zero attached hydrogens (tertiary/aromatic N) is 3. The van der Waals surface area contributed by atoms with Crippen molar-refractivity contribution in [1.29, 1.82) is 0 Å². The molecule has 0 aromatic carbocycles. The number of rotatable bonds is 6. The van der Waals surface area contributed by atoms with Gasteiger partial charge in [0, 0.05) is 6.54 Å². The molecule has 0 radical (unpaired) electrons. The normalized spacial score (nSPS) is 10.2. The molecule has 2 amide bonds. The van der Waals surface area contributed by atoms with Crippen molar-refractivity contribution in [3.63, 3.8) is 0 Å². The molecule has 9 nitrogen and oxygen atoms in total. The van der Waals surface area contributed by atoms with E-state index in [9.17, 15) is 19.7 Å². The number of nitro groups is 1.